The fourth-order valence-electron chi connectivity index (χ4n) is 2.64. The van der Waals surface area contributed by atoms with Crippen LogP contribution in [0, 0.1) is 11.8 Å². The highest BCUT2D eigenvalue weighted by atomic mass is 32.1. The molecule has 2 unspecified atom stereocenters. The van der Waals surface area contributed by atoms with Crippen LogP contribution >= 0.6 is 11.3 Å². The van der Waals surface area contributed by atoms with Gasteiger partial charge in [0.15, 0.2) is 5.13 Å². The third-order valence-electron chi connectivity index (χ3n) is 4.35. The van der Waals surface area contributed by atoms with Crippen LogP contribution in [0.3, 0.4) is 0 Å². The van der Waals surface area contributed by atoms with E-state index in [1.165, 1.54) is 17.8 Å². The minimum atomic E-state index is -0.844. The maximum Gasteiger partial charge on any atom is 0.347 e. The largest absolute Gasteiger partial charge is 0.477 e. The maximum absolute atomic E-state index is 11.4. The van der Waals surface area contributed by atoms with Gasteiger partial charge >= 0.3 is 5.97 Å². The normalized spacial score (nSPS) is 20.6. The van der Waals surface area contributed by atoms with Crippen LogP contribution in [-0.4, -0.2) is 29.1 Å². The predicted octanol–water partition coefficient (Wildman–Crippen LogP) is 3.84. The van der Waals surface area contributed by atoms with Gasteiger partial charge in [0.2, 0.25) is 0 Å². The fraction of sp³-hybridized carbons (Fsp3) is 0.733. The summed E-state index contributed by atoms with van der Waals surface area (Å²) in [5, 5.41) is 10.2. The van der Waals surface area contributed by atoms with Crippen molar-refractivity contribution in [1.82, 2.24) is 4.98 Å². The standard InChI is InChI=1S/C15H24N2O2S/c1-5-10(4)12-13(14(18)19)20-15(16-12)17-7-6-11(8-17)9(2)3/h9-11H,5-8H2,1-4H3,(H,18,19). The number of hydrogen-bond donors (Lipinski definition) is 1. The summed E-state index contributed by atoms with van der Waals surface area (Å²) in [4.78, 5) is 18.7. The van der Waals surface area contributed by atoms with E-state index in [0.29, 0.717) is 16.7 Å². The Kier molecular flexibility index (Phi) is 4.68. The molecule has 20 heavy (non-hydrogen) atoms. The number of aromatic carboxylic acids is 1. The lowest BCUT2D eigenvalue weighted by Crippen LogP contribution is -2.21. The Morgan fingerprint density at radius 3 is 2.70 bits per heavy atom. The number of thiazole rings is 1. The molecule has 0 amide bonds. The Balaban J connectivity index is 2.23. The molecule has 2 atom stereocenters. The van der Waals surface area contributed by atoms with Crippen LogP contribution < -0.4 is 4.90 Å². The van der Waals surface area contributed by atoms with Crippen molar-refractivity contribution in [2.75, 3.05) is 18.0 Å². The second-order valence-corrected chi connectivity index (χ2v) is 7.04. The van der Waals surface area contributed by atoms with Gasteiger partial charge in [-0.2, -0.15) is 0 Å². The van der Waals surface area contributed by atoms with E-state index in [1.807, 2.05) is 6.92 Å². The van der Waals surface area contributed by atoms with Crippen molar-refractivity contribution in [2.24, 2.45) is 11.8 Å². The van der Waals surface area contributed by atoms with Gasteiger partial charge in [-0.3, -0.25) is 0 Å². The van der Waals surface area contributed by atoms with E-state index in [4.69, 9.17) is 0 Å². The molecule has 0 aliphatic carbocycles. The van der Waals surface area contributed by atoms with Gasteiger partial charge in [0.1, 0.15) is 4.88 Å². The first kappa shape index (κ1) is 15.3. The van der Waals surface area contributed by atoms with Gasteiger partial charge in [0.05, 0.1) is 5.69 Å². The number of nitrogens with zero attached hydrogens (tertiary/aromatic N) is 2. The minimum absolute atomic E-state index is 0.203. The number of anilines is 1. The molecule has 1 N–H and O–H groups in total. The molecule has 0 saturated carbocycles. The van der Waals surface area contributed by atoms with Gasteiger partial charge in [-0.05, 0) is 30.6 Å². The SMILES string of the molecule is CCC(C)c1nc(N2CCC(C(C)C)C2)sc1C(=O)O. The molecule has 0 radical (unpaired) electrons. The predicted molar refractivity (Wildman–Crippen MR) is 82.9 cm³/mol. The Hall–Kier alpha value is -1.10. The van der Waals surface area contributed by atoms with Crippen LogP contribution in [0.2, 0.25) is 0 Å². The Bertz CT molecular complexity index is 484. The van der Waals surface area contributed by atoms with Gasteiger partial charge in [-0.25, -0.2) is 9.78 Å². The average molecular weight is 296 g/mol. The van der Waals surface area contributed by atoms with Gasteiger partial charge in [0.25, 0.3) is 0 Å². The molecule has 112 valence electrons. The van der Waals surface area contributed by atoms with E-state index >= 15 is 0 Å². The van der Waals surface area contributed by atoms with Crippen molar-refractivity contribution < 1.29 is 9.90 Å². The zero-order chi connectivity index (χ0) is 14.9. The van der Waals surface area contributed by atoms with E-state index in [1.54, 1.807) is 0 Å². The van der Waals surface area contributed by atoms with Crippen molar-refractivity contribution in [3.05, 3.63) is 10.6 Å². The van der Waals surface area contributed by atoms with E-state index < -0.39 is 5.97 Å². The number of carbonyl (C=O) groups is 1. The number of carboxylic acid groups (broad SMARTS) is 1. The lowest BCUT2D eigenvalue weighted by molar-refractivity contribution is 0.0700. The average Bonchev–Trinajstić information content (AvgIpc) is 3.03. The van der Waals surface area contributed by atoms with Crippen LogP contribution in [-0.2, 0) is 0 Å². The van der Waals surface area contributed by atoms with Crippen LogP contribution in [0.15, 0.2) is 0 Å². The second-order valence-electron chi connectivity index (χ2n) is 6.06. The topological polar surface area (TPSA) is 53.4 Å². The summed E-state index contributed by atoms with van der Waals surface area (Å²) in [6.07, 6.45) is 2.09. The van der Waals surface area contributed by atoms with Crippen molar-refractivity contribution in [3.63, 3.8) is 0 Å². The second kappa shape index (κ2) is 6.12. The van der Waals surface area contributed by atoms with Crippen molar-refractivity contribution in [2.45, 2.75) is 46.5 Å². The molecule has 2 rings (SSSR count). The molecular formula is C15H24N2O2S. The molecular weight excluding hydrogens is 272 g/mol. The van der Waals surface area contributed by atoms with Gasteiger partial charge in [-0.1, -0.05) is 39.0 Å². The van der Waals surface area contributed by atoms with E-state index in [2.05, 4.69) is 30.7 Å². The summed E-state index contributed by atoms with van der Waals surface area (Å²) in [7, 11) is 0. The van der Waals surface area contributed by atoms with Crippen molar-refractivity contribution in [1.29, 1.82) is 0 Å². The molecule has 1 aromatic heterocycles. The van der Waals surface area contributed by atoms with E-state index in [0.717, 1.165) is 30.3 Å². The van der Waals surface area contributed by atoms with Crippen LogP contribution in [0.4, 0.5) is 5.13 Å². The highest BCUT2D eigenvalue weighted by Gasteiger charge is 2.29. The maximum atomic E-state index is 11.4. The summed E-state index contributed by atoms with van der Waals surface area (Å²) in [5.41, 5.74) is 0.757. The zero-order valence-electron chi connectivity index (χ0n) is 12.7. The van der Waals surface area contributed by atoms with Gasteiger partial charge in [0, 0.05) is 13.1 Å². The Morgan fingerprint density at radius 1 is 1.50 bits per heavy atom. The summed E-state index contributed by atoms with van der Waals surface area (Å²) < 4.78 is 0. The summed E-state index contributed by atoms with van der Waals surface area (Å²) in [6, 6.07) is 0. The van der Waals surface area contributed by atoms with Crippen LogP contribution in [0.5, 0.6) is 0 Å². The quantitative estimate of drug-likeness (QED) is 0.897. The van der Waals surface area contributed by atoms with Gasteiger partial charge < -0.3 is 10.0 Å². The van der Waals surface area contributed by atoms with Crippen molar-refractivity contribution >= 4 is 22.4 Å². The number of aromatic nitrogens is 1. The molecule has 0 bridgehead atoms. The number of rotatable bonds is 5. The Labute approximate surface area is 124 Å². The smallest absolute Gasteiger partial charge is 0.347 e. The lowest BCUT2D eigenvalue weighted by atomic mass is 9.95. The first-order chi connectivity index (χ1) is 9.43. The van der Waals surface area contributed by atoms with Crippen LogP contribution in [0.25, 0.3) is 0 Å². The van der Waals surface area contributed by atoms with Crippen LogP contribution in [0.1, 0.15) is 61.8 Å². The molecule has 1 aliphatic rings. The molecule has 4 nitrogen and oxygen atoms in total. The third kappa shape index (κ3) is 2.97. The Morgan fingerprint density at radius 2 is 2.20 bits per heavy atom. The molecule has 1 fully saturated rings. The minimum Gasteiger partial charge on any atom is -0.477 e. The molecule has 5 heteroatoms. The first-order valence-corrected chi connectivity index (χ1v) is 8.24. The molecule has 1 saturated heterocycles. The third-order valence-corrected chi connectivity index (χ3v) is 5.47. The fourth-order valence-corrected chi connectivity index (χ4v) is 3.70. The lowest BCUT2D eigenvalue weighted by Gasteiger charge is -2.17. The summed E-state index contributed by atoms with van der Waals surface area (Å²) in [6.45, 7) is 10.6. The molecule has 2 heterocycles. The molecule has 0 aromatic carbocycles. The first-order valence-electron chi connectivity index (χ1n) is 7.43. The van der Waals surface area contributed by atoms with Crippen molar-refractivity contribution in [3.8, 4) is 0 Å². The van der Waals surface area contributed by atoms with E-state index in [-0.39, 0.29) is 5.92 Å². The highest BCUT2D eigenvalue weighted by Crippen LogP contribution is 2.35. The van der Waals surface area contributed by atoms with Gasteiger partial charge in [-0.15, -0.1) is 0 Å². The summed E-state index contributed by atoms with van der Waals surface area (Å²) in [5.74, 6) is 0.727. The highest BCUT2D eigenvalue weighted by molar-refractivity contribution is 7.17. The van der Waals surface area contributed by atoms with E-state index in [9.17, 15) is 9.90 Å². The molecule has 1 aliphatic heterocycles. The molecule has 1 aromatic rings. The molecule has 0 spiro atoms. The summed E-state index contributed by atoms with van der Waals surface area (Å²) >= 11 is 1.34. The zero-order valence-corrected chi connectivity index (χ0v) is 13.5. The monoisotopic (exact) mass is 296 g/mol. The number of hydrogen-bond acceptors (Lipinski definition) is 4. The number of carboxylic acids is 1.